The molecule has 17 heavy (non-hydrogen) atoms. The van der Waals surface area contributed by atoms with E-state index in [-0.39, 0.29) is 11.9 Å². The predicted molar refractivity (Wildman–Crippen MR) is 66.1 cm³/mol. The van der Waals surface area contributed by atoms with Crippen LogP contribution >= 0.6 is 0 Å². The highest BCUT2D eigenvalue weighted by molar-refractivity contribution is 5.93. The van der Waals surface area contributed by atoms with Gasteiger partial charge in [0, 0.05) is 5.39 Å². The zero-order chi connectivity index (χ0) is 12.3. The first-order chi connectivity index (χ1) is 8.20. The summed E-state index contributed by atoms with van der Waals surface area (Å²) in [6.07, 6.45) is 1.76. The Labute approximate surface area is 99.4 Å². The van der Waals surface area contributed by atoms with Crippen molar-refractivity contribution in [2.45, 2.75) is 19.9 Å². The molecule has 1 atom stereocenters. The second-order valence-corrected chi connectivity index (χ2v) is 3.79. The number of hydrogen-bond acceptors (Lipinski definition) is 2. The van der Waals surface area contributed by atoms with Crippen molar-refractivity contribution >= 4 is 16.8 Å². The fourth-order valence-electron chi connectivity index (χ4n) is 1.66. The number of nitrogens with zero attached hydrogens (tertiary/aromatic N) is 1. The van der Waals surface area contributed by atoms with E-state index < -0.39 is 0 Å². The van der Waals surface area contributed by atoms with Crippen LogP contribution in [0.3, 0.4) is 0 Å². The van der Waals surface area contributed by atoms with Gasteiger partial charge < -0.3 is 5.32 Å². The number of aromatic nitrogens is 2. The standard InChI is InChI=1S/C13H13N3O/c1-3-4-13(17)15-9(2)10-5-6-12-11(7-10)8-14-16-12/h5-9H,1-2H3,(H,14,16)(H,15,17). The summed E-state index contributed by atoms with van der Waals surface area (Å²) in [4.78, 5) is 11.3. The molecule has 1 heterocycles. The van der Waals surface area contributed by atoms with E-state index in [1.165, 1.54) is 0 Å². The smallest absolute Gasteiger partial charge is 0.296 e. The van der Waals surface area contributed by atoms with E-state index >= 15 is 0 Å². The van der Waals surface area contributed by atoms with Crippen molar-refractivity contribution in [3.63, 3.8) is 0 Å². The minimum Gasteiger partial charge on any atom is -0.339 e. The summed E-state index contributed by atoms with van der Waals surface area (Å²) in [5.74, 6) is 4.78. The molecule has 4 heteroatoms. The van der Waals surface area contributed by atoms with Gasteiger partial charge in [0.15, 0.2) is 0 Å². The van der Waals surface area contributed by atoms with Gasteiger partial charge in [-0.05, 0) is 37.5 Å². The van der Waals surface area contributed by atoms with Crippen LogP contribution in [-0.2, 0) is 4.79 Å². The van der Waals surface area contributed by atoms with Crippen molar-refractivity contribution < 1.29 is 4.79 Å². The Hall–Kier alpha value is -2.28. The van der Waals surface area contributed by atoms with Crippen LogP contribution in [-0.4, -0.2) is 16.1 Å². The molecule has 0 spiro atoms. The molecule has 0 bridgehead atoms. The highest BCUT2D eigenvalue weighted by Gasteiger charge is 2.08. The zero-order valence-corrected chi connectivity index (χ0v) is 9.74. The van der Waals surface area contributed by atoms with E-state index in [9.17, 15) is 4.79 Å². The maximum absolute atomic E-state index is 11.3. The highest BCUT2D eigenvalue weighted by Crippen LogP contribution is 2.18. The Balaban J connectivity index is 2.19. The number of carbonyl (C=O) groups is 1. The molecule has 86 valence electrons. The Kier molecular flexibility index (Phi) is 3.10. The van der Waals surface area contributed by atoms with E-state index in [2.05, 4.69) is 27.4 Å². The first-order valence-electron chi connectivity index (χ1n) is 5.37. The van der Waals surface area contributed by atoms with Gasteiger partial charge in [-0.1, -0.05) is 12.0 Å². The summed E-state index contributed by atoms with van der Waals surface area (Å²) in [6.45, 7) is 3.57. The topological polar surface area (TPSA) is 57.8 Å². The van der Waals surface area contributed by atoms with Gasteiger partial charge in [-0.2, -0.15) is 5.10 Å². The predicted octanol–water partition coefficient (Wildman–Crippen LogP) is 1.76. The molecule has 0 saturated heterocycles. The van der Waals surface area contributed by atoms with Gasteiger partial charge >= 0.3 is 0 Å². The molecule has 0 aliphatic heterocycles. The van der Waals surface area contributed by atoms with Gasteiger partial charge in [-0.3, -0.25) is 9.89 Å². The number of aromatic amines is 1. The molecular weight excluding hydrogens is 214 g/mol. The molecular formula is C13H13N3O. The van der Waals surface area contributed by atoms with Crippen LogP contribution in [0.25, 0.3) is 10.9 Å². The van der Waals surface area contributed by atoms with E-state index in [4.69, 9.17) is 0 Å². The zero-order valence-electron chi connectivity index (χ0n) is 9.74. The Morgan fingerprint density at radius 3 is 3.12 bits per heavy atom. The van der Waals surface area contributed by atoms with E-state index in [0.717, 1.165) is 16.5 Å². The van der Waals surface area contributed by atoms with Gasteiger partial charge in [0.1, 0.15) is 0 Å². The normalized spacial score (nSPS) is 11.6. The number of nitrogens with one attached hydrogen (secondary N) is 2. The summed E-state index contributed by atoms with van der Waals surface area (Å²) in [5, 5.41) is 10.7. The Morgan fingerprint density at radius 2 is 2.35 bits per heavy atom. The quantitative estimate of drug-likeness (QED) is 0.768. The lowest BCUT2D eigenvalue weighted by Crippen LogP contribution is -2.24. The number of H-pyrrole nitrogens is 1. The number of rotatable bonds is 2. The molecule has 0 radical (unpaired) electrons. The highest BCUT2D eigenvalue weighted by atomic mass is 16.1. The van der Waals surface area contributed by atoms with Crippen molar-refractivity contribution in [1.29, 1.82) is 0 Å². The van der Waals surface area contributed by atoms with Crippen molar-refractivity contribution in [2.75, 3.05) is 0 Å². The summed E-state index contributed by atoms with van der Waals surface area (Å²) in [5.41, 5.74) is 2.02. The van der Waals surface area contributed by atoms with Crippen LogP contribution in [0, 0.1) is 11.8 Å². The maximum Gasteiger partial charge on any atom is 0.296 e. The summed E-state index contributed by atoms with van der Waals surface area (Å²) < 4.78 is 0. The average molecular weight is 227 g/mol. The van der Waals surface area contributed by atoms with E-state index in [1.807, 2.05) is 25.1 Å². The number of fused-ring (bicyclic) bond motifs is 1. The lowest BCUT2D eigenvalue weighted by atomic mass is 10.1. The fourth-order valence-corrected chi connectivity index (χ4v) is 1.66. The monoisotopic (exact) mass is 227 g/mol. The van der Waals surface area contributed by atoms with Crippen LogP contribution in [0.15, 0.2) is 24.4 Å². The number of amides is 1. The Morgan fingerprint density at radius 1 is 1.53 bits per heavy atom. The van der Waals surface area contributed by atoms with E-state index in [1.54, 1.807) is 13.1 Å². The third-order valence-electron chi connectivity index (χ3n) is 2.55. The second-order valence-electron chi connectivity index (χ2n) is 3.79. The van der Waals surface area contributed by atoms with Crippen LogP contribution in [0.5, 0.6) is 0 Å². The van der Waals surface area contributed by atoms with Gasteiger partial charge in [0.05, 0.1) is 17.8 Å². The lowest BCUT2D eigenvalue weighted by Gasteiger charge is -2.12. The molecule has 4 nitrogen and oxygen atoms in total. The first kappa shape index (κ1) is 11.2. The van der Waals surface area contributed by atoms with E-state index in [0.29, 0.717) is 0 Å². The number of benzene rings is 1. The number of hydrogen-bond donors (Lipinski definition) is 2. The van der Waals surface area contributed by atoms with Crippen LogP contribution in [0.2, 0.25) is 0 Å². The molecule has 2 aromatic rings. The molecule has 2 rings (SSSR count). The number of carbonyl (C=O) groups excluding carboxylic acids is 1. The molecule has 1 amide bonds. The third kappa shape index (κ3) is 2.45. The van der Waals surface area contributed by atoms with Crippen molar-refractivity contribution in [1.82, 2.24) is 15.5 Å². The summed E-state index contributed by atoms with van der Waals surface area (Å²) in [6, 6.07) is 5.85. The molecule has 1 aromatic heterocycles. The molecule has 0 saturated carbocycles. The SMILES string of the molecule is CC#CC(=O)NC(C)c1ccc2[nH]ncc2c1. The van der Waals surface area contributed by atoms with Gasteiger partial charge in [0.25, 0.3) is 5.91 Å². The minimum atomic E-state index is -0.257. The summed E-state index contributed by atoms with van der Waals surface area (Å²) >= 11 is 0. The maximum atomic E-state index is 11.3. The minimum absolute atomic E-state index is 0.0670. The largest absolute Gasteiger partial charge is 0.339 e. The molecule has 2 N–H and O–H groups in total. The molecule has 1 unspecified atom stereocenters. The van der Waals surface area contributed by atoms with Gasteiger partial charge in [0.2, 0.25) is 0 Å². The van der Waals surface area contributed by atoms with Crippen molar-refractivity contribution in [3.8, 4) is 11.8 Å². The fraction of sp³-hybridized carbons (Fsp3) is 0.231. The van der Waals surface area contributed by atoms with Crippen LogP contribution in [0.1, 0.15) is 25.5 Å². The third-order valence-corrected chi connectivity index (χ3v) is 2.55. The summed E-state index contributed by atoms with van der Waals surface area (Å²) in [7, 11) is 0. The molecule has 0 aliphatic carbocycles. The van der Waals surface area contributed by atoms with Gasteiger partial charge in [-0.25, -0.2) is 0 Å². The molecule has 1 aromatic carbocycles. The molecule has 0 aliphatic rings. The van der Waals surface area contributed by atoms with Crippen LogP contribution in [0.4, 0.5) is 0 Å². The first-order valence-corrected chi connectivity index (χ1v) is 5.37. The molecule has 0 fully saturated rings. The Bertz CT molecular complexity index is 604. The van der Waals surface area contributed by atoms with Gasteiger partial charge in [-0.15, -0.1) is 0 Å². The van der Waals surface area contributed by atoms with Crippen molar-refractivity contribution in [2.24, 2.45) is 0 Å². The lowest BCUT2D eigenvalue weighted by molar-refractivity contribution is -0.116. The van der Waals surface area contributed by atoms with Crippen LogP contribution < -0.4 is 5.32 Å². The average Bonchev–Trinajstić information content (AvgIpc) is 2.75. The van der Waals surface area contributed by atoms with Crippen molar-refractivity contribution in [3.05, 3.63) is 30.0 Å². The second kappa shape index (κ2) is 4.71.